The molecule has 1 amide bonds. The number of phenolic OH excluding ortho intramolecular Hbond substituents is 1. The lowest BCUT2D eigenvalue weighted by molar-refractivity contribution is -0.605. The van der Waals surface area contributed by atoms with Crippen molar-refractivity contribution in [1.82, 2.24) is 0 Å². The first-order valence-corrected chi connectivity index (χ1v) is 5.84. The number of nitrogens with one attached hydrogen (secondary N) is 1. The summed E-state index contributed by atoms with van der Waals surface area (Å²) in [6.07, 6.45) is 2.46. The van der Waals surface area contributed by atoms with Crippen LogP contribution in [-0.4, -0.2) is 11.0 Å². The highest BCUT2D eigenvalue weighted by Crippen LogP contribution is 2.27. The molecule has 6 heteroatoms. The molecule has 1 aromatic heterocycles. The number of benzene rings is 1. The molecule has 5 nitrogen and oxygen atoms in total. The van der Waals surface area contributed by atoms with Gasteiger partial charge in [-0.25, -0.2) is 0 Å². The third kappa shape index (κ3) is 2.78. The van der Waals surface area contributed by atoms with Gasteiger partial charge in [-0.2, -0.15) is 4.73 Å². The number of hydrogen-bond donors (Lipinski definition) is 2. The van der Waals surface area contributed by atoms with Crippen LogP contribution in [0.5, 0.6) is 5.75 Å². The minimum absolute atomic E-state index is 0.0347. The van der Waals surface area contributed by atoms with Gasteiger partial charge in [0.25, 0.3) is 5.91 Å². The molecule has 0 bridgehead atoms. The van der Waals surface area contributed by atoms with E-state index in [9.17, 15) is 15.1 Å². The number of carbonyl (C=O) groups excluding carboxylic acids is 1. The first kappa shape index (κ1) is 12.4. The molecule has 0 radical (unpaired) electrons. The van der Waals surface area contributed by atoms with Crippen LogP contribution in [0.3, 0.4) is 0 Å². The van der Waals surface area contributed by atoms with Gasteiger partial charge in [-0.15, -0.1) is 0 Å². The Morgan fingerprint density at radius 2 is 1.94 bits per heavy atom. The van der Waals surface area contributed by atoms with E-state index in [1.807, 2.05) is 0 Å². The lowest BCUT2D eigenvalue weighted by atomic mass is 10.2. The lowest BCUT2D eigenvalue weighted by Crippen LogP contribution is -2.25. The van der Waals surface area contributed by atoms with E-state index in [-0.39, 0.29) is 5.75 Å². The number of hydrogen-bond acceptors (Lipinski definition) is 3. The summed E-state index contributed by atoms with van der Waals surface area (Å²) in [6.45, 7) is 0. The summed E-state index contributed by atoms with van der Waals surface area (Å²) in [4.78, 5) is 11.8. The van der Waals surface area contributed by atoms with Gasteiger partial charge < -0.3 is 15.6 Å². The maximum Gasteiger partial charge on any atom is 0.256 e. The Hall–Kier alpha value is -2.08. The molecule has 1 aromatic carbocycles. The van der Waals surface area contributed by atoms with E-state index >= 15 is 0 Å². The van der Waals surface area contributed by atoms with Crippen LogP contribution in [0.1, 0.15) is 10.4 Å². The normalized spacial score (nSPS) is 10.1. The van der Waals surface area contributed by atoms with E-state index in [1.54, 1.807) is 12.1 Å². The monoisotopic (exact) mass is 308 g/mol. The number of pyridine rings is 1. The van der Waals surface area contributed by atoms with Gasteiger partial charge in [-0.1, -0.05) is 15.9 Å². The van der Waals surface area contributed by atoms with Crippen LogP contribution in [0.15, 0.2) is 47.2 Å². The summed E-state index contributed by atoms with van der Waals surface area (Å²) in [6, 6.07) is 7.56. The Morgan fingerprint density at radius 3 is 2.56 bits per heavy atom. The largest absolute Gasteiger partial charge is 0.619 e. The number of phenols is 1. The maximum atomic E-state index is 11.8. The Kier molecular flexibility index (Phi) is 3.47. The summed E-state index contributed by atoms with van der Waals surface area (Å²) >= 11 is 3.21. The molecule has 0 unspecified atom stereocenters. The highest BCUT2D eigenvalue weighted by atomic mass is 79.9. The predicted molar refractivity (Wildman–Crippen MR) is 69.2 cm³/mol. The van der Waals surface area contributed by atoms with E-state index in [2.05, 4.69) is 21.2 Å². The van der Waals surface area contributed by atoms with Crippen LogP contribution in [-0.2, 0) is 0 Å². The zero-order valence-corrected chi connectivity index (χ0v) is 10.7. The van der Waals surface area contributed by atoms with Crippen molar-refractivity contribution in [2.45, 2.75) is 0 Å². The van der Waals surface area contributed by atoms with Gasteiger partial charge in [0.1, 0.15) is 5.75 Å². The van der Waals surface area contributed by atoms with E-state index in [0.717, 1.165) is 0 Å². The number of amides is 1. The smallest absolute Gasteiger partial charge is 0.256 e. The summed E-state index contributed by atoms with van der Waals surface area (Å²) < 4.78 is 1.30. The number of carbonyl (C=O) groups is 1. The Labute approximate surface area is 111 Å². The molecular weight excluding hydrogens is 300 g/mol. The van der Waals surface area contributed by atoms with E-state index < -0.39 is 5.91 Å². The molecule has 2 rings (SSSR count). The van der Waals surface area contributed by atoms with E-state index in [1.165, 1.54) is 30.6 Å². The van der Waals surface area contributed by atoms with Crippen LogP contribution < -0.4 is 10.0 Å². The minimum atomic E-state index is -0.395. The number of aromatic nitrogens is 1. The summed E-state index contributed by atoms with van der Waals surface area (Å²) in [7, 11) is 0. The molecule has 0 saturated carbocycles. The topological polar surface area (TPSA) is 76.3 Å². The molecule has 18 heavy (non-hydrogen) atoms. The number of rotatable bonds is 2. The third-order valence-corrected chi connectivity index (χ3v) is 2.77. The van der Waals surface area contributed by atoms with E-state index in [0.29, 0.717) is 20.5 Å². The summed E-state index contributed by atoms with van der Waals surface area (Å²) in [5, 5.41) is 23.0. The zero-order chi connectivity index (χ0) is 13.1. The minimum Gasteiger partial charge on any atom is -0.619 e. The second-order valence-corrected chi connectivity index (χ2v) is 4.48. The predicted octanol–water partition coefficient (Wildman–Crippen LogP) is 2.04. The lowest BCUT2D eigenvalue weighted by Gasteiger charge is -2.07. The molecule has 0 fully saturated rings. The fraction of sp³-hybridized carbons (Fsp3) is 0. The first-order chi connectivity index (χ1) is 8.56. The van der Waals surface area contributed by atoms with Gasteiger partial charge in [0, 0.05) is 16.6 Å². The summed E-state index contributed by atoms with van der Waals surface area (Å²) in [5.74, 6) is -0.430. The number of halogens is 1. The van der Waals surface area contributed by atoms with Crippen molar-refractivity contribution in [3.8, 4) is 5.75 Å². The van der Waals surface area contributed by atoms with Gasteiger partial charge >= 0.3 is 0 Å². The zero-order valence-electron chi connectivity index (χ0n) is 9.13. The fourth-order valence-corrected chi connectivity index (χ4v) is 1.72. The van der Waals surface area contributed by atoms with Crippen molar-refractivity contribution in [3.05, 3.63) is 58.0 Å². The Balaban J connectivity index is 2.18. The van der Waals surface area contributed by atoms with Crippen molar-refractivity contribution < 1.29 is 14.6 Å². The third-order valence-electron chi connectivity index (χ3n) is 2.27. The highest BCUT2D eigenvalue weighted by Gasteiger charge is 2.09. The SMILES string of the molecule is O=C(Nc1ccc(Br)cc1O)c1cc[n+]([O-])cc1. The van der Waals surface area contributed by atoms with Gasteiger partial charge in [0.05, 0.1) is 11.3 Å². The van der Waals surface area contributed by atoms with Crippen molar-refractivity contribution in [2.24, 2.45) is 0 Å². The maximum absolute atomic E-state index is 11.8. The molecule has 0 aliphatic rings. The second-order valence-electron chi connectivity index (χ2n) is 3.56. The van der Waals surface area contributed by atoms with Gasteiger partial charge in [0.15, 0.2) is 12.4 Å². The molecule has 2 aromatic rings. The second kappa shape index (κ2) is 5.05. The molecule has 0 aliphatic carbocycles. The molecule has 1 heterocycles. The number of aromatic hydroxyl groups is 1. The average molecular weight is 309 g/mol. The van der Waals surface area contributed by atoms with Gasteiger partial charge in [-0.3, -0.25) is 4.79 Å². The number of anilines is 1. The number of nitrogens with zero attached hydrogens (tertiary/aromatic N) is 1. The molecule has 0 aliphatic heterocycles. The van der Waals surface area contributed by atoms with E-state index in [4.69, 9.17) is 0 Å². The molecule has 0 spiro atoms. The molecular formula is C12H9BrN2O3. The van der Waals surface area contributed by atoms with Crippen LogP contribution in [0, 0.1) is 5.21 Å². The molecule has 92 valence electrons. The Bertz CT molecular complexity index is 584. The summed E-state index contributed by atoms with van der Waals surface area (Å²) in [5.41, 5.74) is 0.645. The first-order valence-electron chi connectivity index (χ1n) is 5.05. The van der Waals surface area contributed by atoms with Crippen LogP contribution >= 0.6 is 15.9 Å². The van der Waals surface area contributed by atoms with Gasteiger partial charge in [-0.05, 0) is 18.2 Å². The molecule has 0 atom stereocenters. The molecule has 0 saturated heterocycles. The van der Waals surface area contributed by atoms with Crippen molar-refractivity contribution in [2.75, 3.05) is 5.32 Å². The average Bonchev–Trinajstić information content (AvgIpc) is 2.33. The van der Waals surface area contributed by atoms with Crippen LogP contribution in [0.2, 0.25) is 0 Å². The Morgan fingerprint density at radius 1 is 1.28 bits per heavy atom. The van der Waals surface area contributed by atoms with Crippen molar-refractivity contribution in [1.29, 1.82) is 0 Å². The quantitative estimate of drug-likeness (QED) is 0.506. The molecule has 2 N–H and O–H groups in total. The highest BCUT2D eigenvalue weighted by molar-refractivity contribution is 9.10. The fourth-order valence-electron chi connectivity index (χ4n) is 1.37. The standard InChI is InChI=1S/C12H9BrN2O3/c13-9-1-2-10(11(16)7-9)14-12(17)8-3-5-15(18)6-4-8/h1-7,16H,(H,14,17). The van der Waals surface area contributed by atoms with Crippen LogP contribution in [0.25, 0.3) is 0 Å². The van der Waals surface area contributed by atoms with Crippen molar-refractivity contribution in [3.63, 3.8) is 0 Å². The van der Waals surface area contributed by atoms with Crippen LogP contribution in [0.4, 0.5) is 5.69 Å². The van der Waals surface area contributed by atoms with Gasteiger partial charge in [0.2, 0.25) is 0 Å². The van der Waals surface area contributed by atoms with Crippen molar-refractivity contribution >= 4 is 27.5 Å².